The Morgan fingerprint density at radius 2 is 1.48 bits per heavy atom. The SMILES string of the molecule is CC1(C)c2ccccc2-c2c1cc1c3c2c2c4oc5ccccc5c4ccc2n3-c2ccc3ccccc3c2O1. The maximum Gasteiger partial charge on any atom is 0.159 e. The molecule has 0 unspecified atom stereocenters. The summed E-state index contributed by atoms with van der Waals surface area (Å²) in [7, 11) is 0. The Morgan fingerprint density at radius 1 is 0.675 bits per heavy atom. The molecule has 0 atom stereocenters. The lowest BCUT2D eigenvalue weighted by Crippen LogP contribution is -2.15. The summed E-state index contributed by atoms with van der Waals surface area (Å²) in [5, 5.41) is 6.94. The van der Waals surface area contributed by atoms with Crippen LogP contribution in [0.15, 0.2) is 108 Å². The van der Waals surface area contributed by atoms with Crippen molar-refractivity contribution in [1.82, 2.24) is 4.57 Å². The third-order valence-electron chi connectivity index (χ3n) is 9.36. The molecule has 1 aliphatic carbocycles. The molecule has 0 amide bonds. The molecular weight excluding hydrogens is 490 g/mol. The summed E-state index contributed by atoms with van der Waals surface area (Å²) < 4.78 is 16.0. The fourth-order valence-electron chi connectivity index (χ4n) is 7.56. The summed E-state index contributed by atoms with van der Waals surface area (Å²) in [5.74, 6) is 1.81. The van der Waals surface area contributed by atoms with Gasteiger partial charge in [-0.2, -0.15) is 0 Å². The molecule has 40 heavy (non-hydrogen) atoms. The molecule has 0 N–H and O–H groups in total. The zero-order chi connectivity index (χ0) is 26.3. The van der Waals surface area contributed by atoms with Gasteiger partial charge in [0.15, 0.2) is 11.5 Å². The highest BCUT2D eigenvalue weighted by Crippen LogP contribution is 2.58. The van der Waals surface area contributed by atoms with Gasteiger partial charge in [0.05, 0.1) is 22.1 Å². The lowest BCUT2D eigenvalue weighted by Gasteiger charge is -2.26. The average molecular weight is 514 g/mol. The first-order chi connectivity index (χ1) is 19.6. The molecule has 8 aromatic rings. The Bertz CT molecular complexity index is 2440. The summed E-state index contributed by atoms with van der Waals surface area (Å²) in [6.07, 6.45) is 0. The van der Waals surface area contributed by atoms with Gasteiger partial charge in [0.25, 0.3) is 0 Å². The Kier molecular flexibility index (Phi) is 3.53. The zero-order valence-corrected chi connectivity index (χ0v) is 22.1. The third-order valence-corrected chi connectivity index (χ3v) is 9.36. The molecule has 1 aliphatic heterocycles. The molecule has 2 aromatic heterocycles. The molecule has 3 nitrogen and oxygen atoms in total. The number of furan rings is 1. The lowest BCUT2D eigenvalue weighted by atomic mass is 9.82. The number of para-hydroxylation sites is 1. The van der Waals surface area contributed by atoms with E-state index in [0.717, 1.165) is 60.9 Å². The van der Waals surface area contributed by atoms with Crippen molar-refractivity contribution in [2.45, 2.75) is 19.3 Å². The van der Waals surface area contributed by atoms with Crippen LogP contribution >= 0.6 is 0 Å². The van der Waals surface area contributed by atoms with Crippen LogP contribution in [-0.4, -0.2) is 4.57 Å². The summed E-state index contributed by atoms with van der Waals surface area (Å²) in [4.78, 5) is 0. The number of hydrogen-bond acceptors (Lipinski definition) is 2. The van der Waals surface area contributed by atoms with Crippen LogP contribution in [0, 0.1) is 0 Å². The maximum absolute atomic E-state index is 6.93. The third kappa shape index (κ3) is 2.27. The minimum Gasteiger partial charge on any atom is -0.455 e. The molecule has 3 heteroatoms. The van der Waals surface area contributed by atoms with Gasteiger partial charge < -0.3 is 13.7 Å². The van der Waals surface area contributed by atoms with Crippen molar-refractivity contribution in [1.29, 1.82) is 0 Å². The second-order valence-electron chi connectivity index (χ2n) is 11.7. The van der Waals surface area contributed by atoms with Crippen molar-refractivity contribution < 1.29 is 9.15 Å². The number of benzene rings is 6. The smallest absolute Gasteiger partial charge is 0.159 e. The summed E-state index contributed by atoms with van der Waals surface area (Å²) in [6, 6.07) is 36.9. The number of hydrogen-bond donors (Lipinski definition) is 0. The second-order valence-corrected chi connectivity index (χ2v) is 11.7. The second kappa shape index (κ2) is 6.75. The van der Waals surface area contributed by atoms with E-state index in [9.17, 15) is 0 Å². The van der Waals surface area contributed by atoms with Crippen LogP contribution in [0.3, 0.4) is 0 Å². The highest BCUT2D eigenvalue weighted by Gasteiger charge is 2.40. The summed E-state index contributed by atoms with van der Waals surface area (Å²) in [5.41, 5.74) is 10.2. The topological polar surface area (TPSA) is 27.3 Å². The molecule has 0 spiro atoms. The van der Waals surface area contributed by atoms with Crippen molar-refractivity contribution in [3.05, 3.63) is 114 Å². The lowest BCUT2D eigenvalue weighted by molar-refractivity contribution is 0.480. The highest BCUT2D eigenvalue weighted by molar-refractivity contribution is 6.29. The number of ether oxygens (including phenoxy) is 1. The first-order valence-corrected chi connectivity index (χ1v) is 13.9. The Labute approximate surface area is 229 Å². The van der Waals surface area contributed by atoms with Crippen LogP contribution in [-0.2, 0) is 5.41 Å². The largest absolute Gasteiger partial charge is 0.455 e. The number of fused-ring (bicyclic) bond motifs is 15. The van der Waals surface area contributed by atoms with E-state index in [1.165, 1.54) is 33.0 Å². The van der Waals surface area contributed by atoms with E-state index in [0.29, 0.717) is 0 Å². The van der Waals surface area contributed by atoms with Crippen LogP contribution in [0.25, 0.3) is 71.3 Å². The van der Waals surface area contributed by atoms with Crippen LogP contribution in [0.5, 0.6) is 11.5 Å². The molecule has 0 radical (unpaired) electrons. The van der Waals surface area contributed by atoms with E-state index in [4.69, 9.17) is 9.15 Å². The van der Waals surface area contributed by atoms with Gasteiger partial charge in [0.2, 0.25) is 0 Å². The van der Waals surface area contributed by atoms with Crippen molar-refractivity contribution >= 4 is 54.5 Å². The fourth-order valence-corrected chi connectivity index (χ4v) is 7.56. The number of nitrogens with zero attached hydrogens (tertiary/aromatic N) is 1. The average Bonchev–Trinajstić information content (AvgIpc) is 3.61. The van der Waals surface area contributed by atoms with Crippen LogP contribution < -0.4 is 4.74 Å². The van der Waals surface area contributed by atoms with Crippen molar-refractivity contribution in [2.24, 2.45) is 0 Å². The van der Waals surface area contributed by atoms with Crippen LogP contribution in [0.1, 0.15) is 25.0 Å². The Hall–Kier alpha value is -5.02. The molecule has 6 aromatic carbocycles. The van der Waals surface area contributed by atoms with E-state index in [1.54, 1.807) is 0 Å². The van der Waals surface area contributed by atoms with Gasteiger partial charge in [-0.25, -0.2) is 0 Å². The van der Waals surface area contributed by atoms with Gasteiger partial charge >= 0.3 is 0 Å². The predicted octanol–water partition coefficient (Wildman–Crippen LogP) is 10.2. The monoisotopic (exact) mass is 513 g/mol. The summed E-state index contributed by atoms with van der Waals surface area (Å²) in [6.45, 7) is 4.66. The van der Waals surface area contributed by atoms with Crippen molar-refractivity contribution in [2.75, 3.05) is 0 Å². The molecule has 0 bridgehead atoms. The standard InChI is InChI=1S/C37H23NO2/c1-37(2)25-13-7-5-12-24(25)31-26(37)19-30-34-33(31)32-27(18-16-23-22-11-6-8-14-29(22)39-36(23)32)38(34)28-17-15-20-9-3-4-10-21(20)35(28)40-30/h3-19H,1-2H3. The first-order valence-electron chi connectivity index (χ1n) is 13.9. The summed E-state index contributed by atoms with van der Waals surface area (Å²) >= 11 is 0. The van der Waals surface area contributed by atoms with E-state index < -0.39 is 0 Å². The maximum atomic E-state index is 6.93. The zero-order valence-electron chi connectivity index (χ0n) is 22.1. The van der Waals surface area contributed by atoms with E-state index in [2.05, 4.69) is 115 Å². The molecule has 2 aliphatic rings. The van der Waals surface area contributed by atoms with Gasteiger partial charge in [-0.3, -0.25) is 0 Å². The molecule has 0 saturated carbocycles. The van der Waals surface area contributed by atoms with Gasteiger partial charge in [0.1, 0.15) is 11.2 Å². The van der Waals surface area contributed by atoms with E-state index in [-0.39, 0.29) is 5.41 Å². The van der Waals surface area contributed by atoms with Gasteiger partial charge in [-0.15, -0.1) is 0 Å². The Morgan fingerprint density at radius 3 is 2.40 bits per heavy atom. The molecular formula is C37H23NO2. The van der Waals surface area contributed by atoms with Crippen molar-refractivity contribution in [3.63, 3.8) is 0 Å². The highest BCUT2D eigenvalue weighted by atomic mass is 16.5. The molecule has 0 saturated heterocycles. The first kappa shape index (κ1) is 20.9. The normalized spacial score (nSPS) is 14.7. The minimum atomic E-state index is -0.158. The van der Waals surface area contributed by atoms with Crippen LogP contribution in [0.4, 0.5) is 0 Å². The number of rotatable bonds is 0. The molecule has 0 fully saturated rings. The fraction of sp³-hybridized carbons (Fsp3) is 0.0811. The predicted molar refractivity (Wildman–Crippen MR) is 163 cm³/mol. The van der Waals surface area contributed by atoms with Crippen LogP contribution in [0.2, 0.25) is 0 Å². The van der Waals surface area contributed by atoms with E-state index >= 15 is 0 Å². The van der Waals surface area contributed by atoms with Crippen molar-refractivity contribution in [3.8, 4) is 28.3 Å². The van der Waals surface area contributed by atoms with Gasteiger partial charge in [-0.05, 0) is 58.0 Å². The molecule has 10 rings (SSSR count). The Balaban J connectivity index is 1.50. The van der Waals surface area contributed by atoms with E-state index in [1.807, 2.05) is 6.07 Å². The molecule has 188 valence electrons. The number of aromatic nitrogens is 1. The van der Waals surface area contributed by atoms with Gasteiger partial charge in [0, 0.05) is 27.0 Å². The molecule has 3 heterocycles. The quantitative estimate of drug-likeness (QED) is 0.202. The minimum absolute atomic E-state index is 0.158. The van der Waals surface area contributed by atoms with Gasteiger partial charge in [-0.1, -0.05) is 86.6 Å².